The van der Waals surface area contributed by atoms with Crippen LogP contribution in [0.15, 0.2) is 48.5 Å². The summed E-state index contributed by atoms with van der Waals surface area (Å²) in [6.07, 6.45) is 6.48. The normalized spacial score (nSPS) is 17.0. The lowest BCUT2D eigenvalue weighted by Gasteiger charge is -2.10. The average Bonchev–Trinajstić information content (AvgIpc) is 3.10. The predicted octanol–water partition coefficient (Wildman–Crippen LogP) is 3.00. The number of hydrogen-bond acceptors (Lipinski definition) is 2. The number of carbonyl (C=O) groups is 1. The van der Waals surface area contributed by atoms with Crippen LogP contribution in [0.2, 0.25) is 0 Å². The first-order valence-electron chi connectivity index (χ1n) is 7.45. The van der Waals surface area contributed by atoms with Crippen molar-refractivity contribution in [1.29, 1.82) is 0 Å². The Labute approximate surface area is 130 Å². The lowest BCUT2D eigenvalue weighted by molar-refractivity contribution is 0.102. The van der Waals surface area contributed by atoms with Gasteiger partial charge in [0, 0.05) is 23.4 Å². The van der Waals surface area contributed by atoms with E-state index in [4.69, 9.17) is 6.42 Å². The monoisotopic (exact) mass is 290 g/mol. The van der Waals surface area contributed by atoms with Gasteiger partial charge in [0.2, 0.25) is 0 Å². The van der Waals surface area contributed by atoms with Gasteiger partial charge >= 0.3 is 0 Å². The molecule has 2 aromatic carbocycles. The molecule has 0 saturated carbocycles. The highest BCUT2D eigenvalue weighted by atomic mass is 16.1. The molecule has 110 valence electrons. The fourth-order valence-electron chi connectivity index (χ4n) is 2.70. The molecule has 3 rings (SSSR count). The van der Waals surface area contributed by atoms with Crippen LogP contribution in [0.1, 0.15) is 33.8 Å². The molecule has 3 nitrogen and oxygen atoms in total. The van der Waals surface area contributed by atoms with Crippen molar-refractivity contribution in [2.75, 3.05) is 18.4 Å². The van der Waals surface area contributed by atoms with Gasteiger partial charge in [0.1, 0.15) is 0 Å². The maximum atomic E-state index is 12.2. The van der Waals surface area contributed by atoms with Gasteiger partial charge < -0.3 is 10.6 Å². The highest BCUT2D eigenvalue weighted by molar-refractivity contribution is 6.04. The Bertz CT molecular complexity index is 690. The maximum Gasteiger partial charge on any atom is 0.255 e. The second-order valence-corrected chi connectivity index (χ2v) is 5.49. The van der Waals surface area contributed by atoms with Crippen LogP contribution in [-0.2, 0) is 0 Å². The van der Waals surface area contributed by atoms with E-state index in [9.17, 15) is 4.79 Å². The van der Waals surface area contributed by atoms with Crippen LogP contribution in [0.3, 0.4) is 0 Å². The summed E-state index contributed by atoms with van der Waals surface area (Å²) in [6.45, 7) is 2.12. The quantitative estimate of drug-likeness (QED) is 0.853. The van der Waals surface area contributed by atoms with Crippen LogP contribution in [0.5, 0.6) is 0 Å². The zero-order chi connectivity index (χ0) is 15.4. The number of anilines is 1. The Kier molecular flexibility index (Phi) is 4.22. The maximum absolute atomic E-state index is 12.2. The van der Waals surface area contributed by atoms with E-state index in [2.05, 4.69) is 28.7 Å². The van der Waals surface area contributed by atoms with Crippen LogP contribution in [-0.4, -0.2) is 19.0 Å². The van der Waals surface area contributed by atoms with E-state index < -0.39 is 0 Å². The lowest BCUT2D eigenvalue weighted by Crippen LogP contribution is -2.12. The molecule has 1 atom stereocenters. The summed E-state index contributed by atoms with van der Waals surface area (Å²) in [5, 5.41) is 6.27. The predicted molar refractivity (Wildman–Crippen MR) is 89.0 cm³/mol. The van der Waals surface area contributed by atoms with E-state index in [-0.39, 0.29) is 5.91 Å². The molecular formula is C19H18N2O. The zero-order valence-corrected chi connectivity index (χ0v) is 12.3. The van der Waals surface area contributed by atoms with E-state index in [1.54, 1.807) is 24.3 Å². The molecule has 0 spiro atoms. The van der Waals surface area contributed by atoms with Gasteiger partial charge in [-0.25, -0.2) is 0 Å². The summed E-state index contributed by atoms with van der Waals surface area (Å²) in [6, 6.07) is 15.1. The Hall–Kier alpha value is -2.57. The van der Waals surface area contributed by atoms with E-state index >= 15 is 0 Å². The lowest BCUT2D eigenvalue weighted by atomic mass is 9.98. The molecule has 2 N–H and O–H groups in total. The molecule has 1 saturated heterocycles. The third kappa shape index (κ3) is 3.19. The molecule has 1 heterocycles. The fraction of sp³-hybridized carbons (Fsp3) is 0.211. The third-order valence-corrected chi connectivity index (χ3v) is 4.01. The summed E-state index contributed by atoms with van der Waals surface area (Å²) < 4.78 is 0. The van der Waals surface area contributed by atoms with Gasteiger partial charge in [0.05, 0.1) is 0 Å². The van der Waals surface area contributed by atoms with Gasteiger partial charge in [-0.3, -0.25) is 4.79 Å². The molecule has 1 fully saturated rings. The SMILES string of the molecule is C#Cc1ccc(C(=O)Nc2ccc([C@H]3CCNC3)cc2)cc1. The molecule has 1 aliphatic rings. The minimum absolute atomic E-state index is 0.126. The summed E-state index contributed by atoms with van der Waals surface area (Å²) >= 11 is 0. The number of amides is 1. The summed E-state index contributed by atoms with van der Waals surface area (Å²) in [5.74, 6) is 3.00. The Morgan fingerprint density at radius 2 is 1.86 bits per heavy atom. The molecule has 0 radical (unpaired) electrons. The number of terminal acetylenes is 1. The standard InChI is InChI=1S/C19H18N2O/c1-2-14-3-5-16(6-4-14)19(22)21-18-9-7-15(8-10-18)17-11-12-20-13-17/h1,3-10,17,20H,11-13H2,(H,21,22)/t17-/m0/s1. The van der Waals surface area contributed by atoms with E-state index in [0.717, 1.165) is 24.3 Å². The highest BCUT2D eigenvalue weighted by Gasteiger charge is 2.16. The van der Waals surface area contributed by atoms with Crippen LogP contribution in [0, 0.1) is 12.3 Å². The Balaban J connectivity index is 1.66. The first-order valence-corrected chi connectivity index (χ1v) is 7.45. The Morgan fingerprint density at radius 1 is 1.14 bits per heavy atom. The second-order valence-electron chi connectivity index (χ2n) is 5.49. The largest absolute Gasteiger partial charge is 0.322 e. The third-order valence-electron chi connectivity index (χ3n) is 4.01. The van der Waals surface area contributed by atoms with Gasteiger partial charge in [-0.2, -0.15) is 0 Å². The number of nitrogens with one attached hydrogen (secondary N) is 2. The van der Waals surface area contributed by atoms with Crippen molar-refractivity contribution >= 4 is 11.6 Å². The number of benzene rings is 2. The van der Waals surface area contributed by atoms with Crippen molar-refractivity contribution in [3.05, 3.63) is 65.2 Å². The molecule has 0 unspecified atom stereocenters. The molecule has 3 heteroatoms. The number of carbonyl (C=O) groups excluding carboxylic acids is 1. The molecular weight excluding hydrogens is 272 g/mol. The van der Waals surface area contributed by atoms with E-state index in [0.29, 0.717) is 11.5 Å². The summed E-state index contributed by atoms with van der Waals surface area (Å²) in [7, 11) is 0. The van der Waals surface area contributed by atoms with Gasteiger partial charge in [-0.05, 0) is 60.8 Å². The molecule has 0 aromatic heterocycles. The Morgan fingerprint density at radius 3 is 2.45 bits per heavy atom. The topological polar surface area (TPSA) is 41.1 Å². The minimum Gasteiger partial charge on any atom is -0.322 e. The van der Waals surface area contributed by atoms with Crippen molar-refractivity contribution in [2.45, 2.75) is 12.3 Å². The number of hydrogen-bond donors (Lipinski definition) is 2. The van der Waals surface area contributed by atoms with Crippen molar-refractivity contribution in [1.82, 2.24) is 5.32 Å². The van der Waals surface area contributed by atoms with E-state index in [1.807, 2.05) is 12.1 Å². The van der Waals surface area contributed by atoms with Crippen molar-refractivity contribution in [3.63, 3.8) is 0 Å². The van der Waals surface area contributed by atoms with Crippen LogP contribution in [0.4, 0.5) is 5.69 Å². The first kappa shape index (κ1) is 14.4. The van der Waals surface area contributed by atoms with Gasteiger partial charge in [0.25, 0.3) is 5.91 Å². The van der Waals surface area contributed by atoms with Crippen molar-refractivity contribution in [2.24, 2.45) is 0 Å². The van der Waals surface area contributed by atoms with Crippen LogP contribution in [0.25, 0.3) is 0 Å². The van der Waals surface area contributed by atoms with Crippen LogP contribution >= 0.6 is 0 Å². The molecule has 0 bridgehead atoms. The van der Waals surface area contributed by atoms with Crippen molar-refractivity contribution in [3.8, 4) is 12.3 Å². The highest BCUT2D eigenvalue weighted by Crippen LogP contribution is 2.23. The molecule has 0 aliphatic carbocycles. The van der Waals surface area contributed by atoms with Crippen molar-refractivity contribution < 1.29 is 4.79 Å². The molecule has 2 aromatic rings. The van der Waals surface area contributed by atoms with Crippen LogP contribution < -0.4 is 10.6 Å². The zero-order valence-electron chi connectivity index (χ0n) is 12.3. The summed E-state index contributed by atoms with van der Waals surface area (Å²) in [5.41, 5.74) is 3.50. The molecule has 1 amide bonds. The summed E-state index contributed by atoms with van der Waals surface area (Å²) in [4.78, 5) is 12.2. The van der Waals surface area contributed by atoms with E-state index in [1.165, 1.54) is 12.0 Å². The minimum atomic E-state index is -0.126. The first-order chi connectivity index (χ1) is 10.8. The van der Waals surface area contributed by atoms with Gasteiger partial charge in [0.15, 0.2) is 0 Å². The number of rotatable bonds is 3. The molecule has 22 heavy (non-hydrogen) atoms. The second kappa shape index (κ2) is 6.46. The smallest absolute Gasteiger partial charge is 0.255 e. The van der Waals surface area contributed by atoms with Gasteiger partial charge in [-0.15, -0.1) is 6.42 Å². The average molecular weight is 290 g/mol. The van der Waals surface area contributed by atoms with Gasteiger partial charge in [-0.1, -0.05) is 18.1 Å². The fourth-order valence-corrected chi connectivity index (χ4v) is 2.70. The molecule has 1 aliphatic heterocycles.